The first-order valence-electron chi connectivity index (χ1n) is 8.95. The summed E-state index contributed by atoms with van der Waals surface area (Å²) in [4.78, 5) is 60.4. The maximum Gasteiger partial charge on any atom is 0.341 e. The van der Waals surface area contributed by atoms with Crippen LogP contribution in [0.4, 0.5) is 10.5 Å². The molecular weight excluding hydrogens is 444 g/mol. The predicted molar refractivity (Wildman–Crippen MR) is 111 cm³/mol. The summed E-state index contributed by atoms with van der Waals surface area (Å²) in [6, 6.07) is 8.75. The Bertz CT molecular complexity index is 1160. The second kappa shape index (κ2) is 9.31. The van der Waals surface area contributed by atoms with Crippen molar-refractivity contribution in [2.75, 3.05) is 18.6 Å². The van der Waals surface area contributed by atoms with E-state index >= 15 is 0 Å². The van der Waals surface area contributed by atoms with E-state index in [4.69, 9.17) is 21.4 Å². The highest BCUT2D eigenvalue weighted by Crippen LogP contribution is 2.28. The van der Waals surface area contributed by atoms with Gasteiger partial charge in [-0.15, -0.1) is 0 Å². The lowest BCUT2D eigenvalue weighted by Gasteiger charge is -2.26. The van der Waals surface area contributed by atoms with E-state index in [1.807, 2.05) is 0 Å². The Hall–Kier alpha value is -4.18. The Morgan fingerprint density at radius 1 is 1.12 bits per heavy atom. The molecule has 10 nitrogen and oxygen atoms in total. The fraction of sp³-hybridized carbons (Fsp3) is 0.0952. The summed E-state index contributed by atoms with van der Waals surface area (Å²) in [6.45, 7) is -0.590. The van der Waals surface area contributed by atoms with E-state index in [0.29, 0.717) is 5.56 Å². The number of amides is 4. The zero-order valence-corrected chi connectivity index (χ0v) is 17.2. The number of carboxylic acids is 1. The van der Waals surface area contributed by atoms with Crippen molar-refractivity contribution in [3.05, 3.63) is 64.2 Å². The van der Waals surface area contributed by atoms with Crippen LogP contribution >= 0.6 is 11.6 Å². The number of barbiturate groups is 1. The number of esters is 1. The van der Waals surface area contributed by atoms with Crippen molar-refractivity contribution >= 4 is 53.1 Å². The molecule has 1 aliphatic heterocycles. The van der Waals surface area contributed by atoms with Gasteiger partial charge in [-0.05, 0) is 48.0 Å². The Balaban J connectivity index is 1.89. The third-order valence-electron chi connectivity index (χ3n) is 4.27. The summed E-state index contributed by atoms with van der Waals surface area (Å²) in [7, 11) is 1.22. The van der Waals surface area contributed by atoms with Gasteiger partial charge in [0.25, 0.3) is 11.8 Å². The number of hydrogen-bond acceptors (Lipinski definition) is 7. The van der Waals surface area contributed by atoms with Gasteiger partial charge in [-0.1, -0.05) is 17.7 Å². The lowest BCUT2D eigenvalue weighted by atomic mass is 10.1. The van der Waals surface area contributed by atoms with E-state index < -0.39 is 36.4 Å². The summed E-state index contributed by atoms with van der Waals surface area (Å²) in [5.41, 5.74) is 0.352. The van der Waals surface area contributed by atoms with Crippen LogP contribution in [0.1, 0.15) is 15.9 Å². The number of aliphatic carboxylic acids is 1. The standard InChI is InChI=1S/C21H15ClN2O8/c1-31-20(29)12-3-5-13(6-4-12)24-19(28)14(18(27)23-21(24)30)8-11-2-7-16(15(22)9-11)32-10-17(25)26/h2-9H,10H2,1H3,(H,25,26)(H,23,27,30)/b14-8+. The lowest BCUT2D eigenvalue weighted by molar-refractivity contribution is -0.139. The number of carboxylic acid groups (broad SMARTS) is 1. The number of urea groups is 1. The number of ether oxygens (including phenoxy) is 2. The molecule has 2 aromatic rings. The highest BCUT2D eigenvalue weighted by atomic mass is 35.5. The van der Waals surface area contributed by atoms with Crippen LogP contribution in [0.2, 0.25) is 5.02 Å². The SMILES string of the molecule is COC(=O)c1ccc(N2C(=O)NC(=O)/C(=C\c3ccc(OCC(=O)O)c(Cl)c3)C2=O)cc1. The number of carbonyl (C=O) groups excluding carboxylic acids is 4. The summed E-state index contributed by atoms with van der Waals surface area (Å²) in [5.74, 6) is -3.44. The van der Waals surface area contributed by atoms with E-state index in [1.165, 1.54) is 55.7 Å². The molecule has 0 atom stereocenters. The molecule has 4 amide bonds. The van der Waals surface area contributed by atoms with E-state index in [0.717, 1.165) is 4.90 Å². The molecular formula is C21H15ClN2O8. The highest BCUT2D eigenvalue weighted by molar-refractivity contribution is 6.39. The molecule has 0 bridgehead atoms. The summed E-state index contributed by atoms with van der Waals surface area (Å²) < 4.78 is 9.63. The van der Waals surface area contributed by atoms with Crippen molar-refractivity contribution < 1.29 is 38.6 Å². The van der Waals surface area contributed by atoms with Gasteiger partial charge in [0.2, 0.25) is 0 Å². The maximum atomic E-state index is 12.9. The molecule has 0 aliphatic carbocycles. The van der Waals surface area contributed by atoms with E-state index in [9.17, 15) is 24.0 Å². The molecule has 0 aromatic heterocycles. The first-order valence-corrected chi connectivity index (χ1v) is 9.33. The van der Waals surface area contributed by atoms with Crippen molar-refractivity contribution in [1.29, 1.82) is 0 Å². The summed E-state index contributed by atoms with van der Waals surface area (Å²) >= 11 is 6.07. The zero-order valence-electron chi connectivity index (χ0n) is 16.5. The minimum absolute atomic E-state index is 0.0654. The third kappa shape index (κ3) is 4.76. The summed E-state index contributed by atoms with van der Waals surface area (Å²) in [6.07, 6.45) is 1.23. The second-order valence-corrected chi connectivity index (χ2v) is 6.78. The summed E-state index contributed by atoms with van der Waals surface area (Å²) in [5, 5.41) is 10.8. The van der Waals surface area contributed by atoms with Gasteiger partial charge in [-0.25, -0.2) is 19.3 Å². The minimum atomic E-state index is -1.18. The molecule has 3 rings (SSSR count). The van der Waals surface area contributed by atoms with Crippen LogP contribution < -0.4 is 15.0 Å². The molecule has 2 N–H and O–H groups in total. The number of hydrogen-bond donors (Lipinski definition) is 2. The molecule has 164 valence electrons. The molecule has 1 fully saturated rings. The topological polar surface area (TPSA) is 139 Å². The van der Waals surface area contributed by atoms with Gasteiger partial charge in [0, 0.05) is 0 Å². The Morgan fingerprint density at radius 3 is 2.41 bits per heavy atom. The van der Waals surface area contributed by atoms with E-state index in [2.05, 4.69) is 10.1 Å². The Morgan fingerprint density at radius 2 is 1.81 bits per heavy atom. The van der Waals surface area contributed by atoms with Gasteiger partial charge in [0.1, 0.15) is 11.3 Å². The first-order chi connectivity index (χ1) is 15.2. The van der Waals surface area contributed by atoms with Crippen LogP contribution in [-0.4, -0.2) is 48.6 Å². The highest BCUT2D eigenvalue weighted by Gasteiger charge is 2.36. The van der Waals surface area contributed by atoms with Gasteiger partial charge in [-0.2, -0.15) is 0 Å². The number of halogens is 1. The van der Waals surface area contributed by atoms with Crippen LogP contribution in [0, 0.1) is 0 Å². The van der Waals surface area contributed by atoms with Gasteiger partial charge >= 0.3 is 18.0 Å². The van der Waals surface area contributed by atoms with Crippen LogP contribution in [0.3, 0.4) is 0 Å². The molecule has 11 heteroatoms. The van der Waals surface area contributed by atoms with E-state index in [1.54, 1.807) is 0 Å². The normalized spacial score (nSPS) is 14.9. The predicted octanol–water partition coefficient (Wildman–Crippen LogP) is 2.26. The smallest absolute Gasteiger partial charge is 0.341 e. The number of nitrogens with zero attached hydrogens (tertiary/aromatic N) is 1. The first kappa shape index (κ1) is 22.5. The maximum absolute atomic E-state index is 12.9. The van der Waals surface area contributed by atoms with Crippen molar-refractivity contribution in [2.24, 2.45) is 0 Å². The zero-order chi connectivity index (χ0) is 23.4. The average molecular weight is 459 g/mol. The number of imide groups is 2. The number of carbonyl (C=O) groups is 5. The average Bonchev–Trinajstić information content (AvgIpc) is 2.75. The van der Waals surface area contributed by atoms with Crippen molar-refractivity contribution in [1.82, 2.24) is 5.32 Å². The van der Waals surface area contributed by atoms with Crippen molar-refractivity contribution in [3.8, 4) is 5.75 Å². The molecule has 0 saturated carbocycles. The Kier molecular flexibility index (Phi) is 6.55. The van der Waals surface area contributed by atoms with Gasteiger partial charge < -0.3 is 14.6 Å². The number of benzene rings is 2. The van der Waals surface area contributed by atoms with Crippen LogP contribution in [0.5, 0.6) is 5.75 Å². The number of anilines is 1. The second-order valence-electron chi connectivity index (χ2n) is 6.37. The van der Waals surface area contributed by atoms with Crippen LogP contribution in [0.25, 0.3) is 6.08 Å². The monoisotopic (exact) mass is 458 g/mol. The third-order valence-corrected chi connectivity index (χ3v) is 4.56. The van der Waals surface area contributed by atoms with Crippen LogP contribution in [-0.2, 0) is 19.1 Å². The largest absolute Gasteiger partial charge is 0.480 e. The number of nitrogens with one attached hydrogen (secondary N) is 1. The van der Waals surface area contributed by atoms with E-state index in [-0.39, 0.29) is 27.6 Å². The fourth-order valence-electron chi connectivity index (χ4n) is 2.79. The molecule has 32 heavy (non-hydrogen) atoms. The Labute approximate surface area is 186 Å². The van der Waals surface area contributed by atoms with Gasteiger partial charge in [-0.3, -0.25) is 14.9 Å². The molecule has 1 saturated heterocycles. The van der Waals surface area contributed by atoms with Gasteiger partial charge in [0.15, 0.2) is 6.61 Å². The van der Waals surface area contributed by atoms with Crippen molar-refractivity contribution in [2.45, 2.75) is 0 Å². The minimum Gasteiger partial charge on any atom is -0.480 e. The molecule has 1 heterocycles. The quantitative estimate of drug-likeness (QED) is 0.381. The molecule has 0 radical (unpaired) electrons. The molecule has 1 aliphatic rings. The fourth-order valence-corrected chi connectivity index (χ4v) is 3.03. The number of rotatable bonds is 6. The molecule has 2 aromatic carbocycles. The van der Waals surface area contributed by atoms with Crippen LogP contribution in [0.15, 0.2) is 48.0 Å². The van der Waals surface area contributed by atoms with Crippen molar-refractivity contribution in [3.63, 3.8) is 0 Å². The molecule has 0 unspecified atom stereocenters. The number of methoxy groups -OCH3 is 1. The molecule has 0 spiro atoms. The van der Waals surface area contributed by atoms with Gasteiger partial charge in [0.05, 0.1) is 23.4 Å². The lowest BCUT2D eigenvalue weighted by Crippen LogP contribution is -2.54.